The van der Waals surface area contributed by atoms with Crippen molar-refractivity contribution in [2.75, 3.05) is 19.6 Å². The lowest BCUT2D eigenvalue weighted by Gasteiger charge is -2.42. The minimum absolute atomic E-state index is 0.00354. The summed E-state index contributed by atoms with van der Waals surface area (Å²) in [7, 11) is 0. The summed E-state index contributed by atoms with van der Waals surface area (Å²) < 4.78 is 0. The van der Waals surface area contributed by atoms with Crippen molar-refractivity contribution < 1.29 is 14.7 Å². The van der Waals surface area contributed by atoms with E-state index in [0.29, 0.717) is 18.0 Å². The molecule has 126 valence electrons. The highest BCUT2D eigenvalue weighted by molar-refractivity contribution is 7.12. The third-order valence-electron chi connectivity index (χ3n) is 4.74. The molecule has 0 radical (unpaired) electrons. The molecule has 23 heavy (non-hydrogen) atoms. The zero-order chi connectivity index (χ0) is 16.4. The van der Waals surface area contributed by atoms with Crippen LogP contribution >= 0.6 is 11.3 Å². The third-order valence-corrected chi connectivity index (χ3v) is 5.76. The molecular weight excluding hydrogens is 314 g/mol. The summed E-state index contributed by atoms with van der Waals surface area (Å²) in [5.41, 5.74) is 0.960. The molecule has 1 aromatic heterocycles. The van der Waals surface area contributed by atoms with Gasteiger partial charge in [0.1, 0.15) is 0 Å². The molecule has 3 N–H and O–H groups in total. The first-order valence-electron chi connectivity index (χ1n) is 8.10. The molecule has 3 atom stereocenters. The molecule has 2 amide bonds. The Morgan fingerprint density at radius 2 is 2.30 bits per heavy atom. The number of carbonyl (C=O) groups is 2. The number of nitrogens with zero attached hydrogens (tertiary/aromatic N) is 1. The Morgan fingerprint density at radius 3 is 3.00 bits per heavy atom. The number of thiophene rings is 1. The molecule has 1 saturated carbocycles. The monoisotopic (exact) mass is 337 g/mol. The molecular formula is C16H23N3O3S. The van der Waals surface area contributed by atoms with Crippen molar-refractivity contribution in [1.82, 2.24) is 15.5 Å². The average molecular weight is 337 g/mol. The first kappa shape index (κ1) is 16.4. The largest absolute Gasteiger partial charge is 0.389 e. The van der Waals surface area contributed by atoms with Gasteiger partial charge in [0.2, 0.25) is 5.91 Å². The number of nitrogens with one attached hydrogen (secondary N) is 2. The van der Waals surface area contributed by atoms with Crippen molar-refractivity contribution in [3.8, 4) is 0 Å². The summed E-state index contributed by atoms with van der Waals surface area (Å²) in [4.78, 5) is 26.7. The fourth-order valence-corrected chi connectivity index (χ4v) is 4.32. The van der Waals surface area contributed by atoms with E-state index in [2.05, 4.69) is 10.6 Å². The molecule has 7 heteroatoms. The number of carbonyl (C=O) groups excluding carboxylic acids is 2. The molecule has 0 spiro atoms. The zero-order valence-corrected chi connectivity index (χ0v) is 14.1. The van der Waals surface area contributed by atoms with Gasteiger partial charge in [-0.25, -0.2) is 0 Å². The second kappa shape index (κ2) is 6.98. The number of piperazine rings is 1. The standard InChI is InChI=1S/C16H23N3O3S/c1-10-5-8-23-15(10)16(22)18-11-3-2-4-12(14(11)21)19-7-6-17-13(20)9-19/h5,8,11-12,14,21H,2-4,6-7,9H2,1H3,(H,17,20)(H,18,22)/t11-,12-,14-/m1/s1. The van der Waals surface area contributed by atoms with Crippen molar-refractivity contribution in [3.05, 3.63) is 21.9 Å². The molecule has 0 bridgehead atoms. The van der Waals surface area contributed by atoms with E-state index in [9.17, 15) is 14.7 Å². The summed E-state index contributed by atoms with van der Waals surface area (Å²) in [6, 6.07) is 1.60. The highest BCUT2D eigenvalue weighted by Gasteiger charge is 2.37. The van der Waals surface area contributed by atoms with Crippen LogP contribution in [0.25, 0.3) is 0 Å². The van der Waals surface area contributed by atoms with E-state index < -0.39 is 6.10 Å². The van der Waals surface area contributed by atoms with Crippen molar-refractivity contribution in [3.63, 3.8) is 0 Å². The minimum atomic E-state index is -0.640. The lowest BCUT2D eigenvalue weighted by Crippen LogP contribution is -2.60. The van der Waals surface area contributed by atoms with Crippen LogP contribution in [0.1, 0.15) is 34.5 Å². The van der Waals surface area contributed by atoms with Gasteiger partial charge in [-0.2, -0.15) is 0 Å². The summed E-state index contributed by atoms with van der Waals surface area (Å²) in [5.74, 6) is -0.109. The van der Waals surface area contributed by atoms with Crippen LogP contribution < -0.4 is 10.6 Å². The molecule has 3 rings (SSSR count). The first-order valence-corrected chi connectivity index (χ1v) is 8.98. The van der Waals surface area contributed by atoms with Gasteiger partial charge in [-0.15, -0.1) is 11.3 Å². The first-order chi connectivity index (χ1) is 11.1. The summed E-state index contributed by atoms with van der Waals surface area (Å²) >= 11 is 1.42. The van der Waals surface area contributed by atoms with E-state index in [-0.39, 0.29) is 23.9 Å². The third kappa shape index (κ3) is 3.57. The number of aliphatic hydroxyl groups is 1. The van der Waals surface area contributed by atoms with Crippen LogP contribution in [-0.2, 0) is 4.79 Å². The molecule has 2 heterocycles. The Hall–Kier alpha value is -1.44. The van der Waals surface area contributed by atoms with Gasteiger partial charge in [0, 0.05) is 19.1 Å². The molecule has 1 aromatic rings. The van der Waals surface area contributed by atoms with Gasteiger partial charge in [0.25, 0.3) is 5.91 Å². The van der Waals surface area contributed by atoms with E-state index in [4.69, 9.17) is 0 Å². The quantitative estimate of drug-likeness (QED) is 0.750. The van der Waals surface area contributed by atoms with Gasteiger partial charge in [-0.05, 0) is 43.2 Å². The Labute approximate surface area is 139 Å². The van der Waals surface area contributed by atoms with Crippen LogP contribution in [0, 0.1) is 6.92 Å². The predicted molar refractivity (Wildman–Crippen MR) is 88.5 cm³/mol. The fraction of sp³-hybridized carbons (Fsp3) is 0.625. The predicted octanol–water partition coefficient (Wildman–Crippen LogP) is 0.500. The second-order valence-electron chi connectivity index (χ2n) is 6.32. The Morgan fingerprint density at radius 1 is 1.48 bits per heavy atom. The maximum absolute atomic E-state index is 12.4. The molecule has 1 saturated heterocycles. The topological polar surface area (TPSA) is 81.7 Å². The van der Waals surface area contributed by atoms with Crippen LogP contribution in [0.5, 0.6) is 0 Å². The smallest absolute Gasteiger partial charge is 0.261 e. The van der Waals surface area contributed by atoms with Crippen LogP contribution in [0.4, 0.5) is 0 Å². The molecule has 0 aromatic carbocycles. The maximum atomic E-state index is 12.4. The summed E-state index contributed by atoms with van der Waals surface area (Å²) in [6.07, 6.45) is 1.93. The average Bonchev–Trinajstić information content (AvgIpc) is 2.95. The highest BCUT2D eigenvalue weighted by atomic mass is 32.1. The highest BCUT2D eigenvalue weighted by Crippen LogP contribution is 2.25. The Bertz CT molecular complexity index is 589. The molecule has 2 fully saturated rings. The van der Waals surface area contributed by atoms with E-state index in [1.807, 2.05) is 23.3 Å². The molecule has 1 aliphatic heterocycles. The van der Waals surface area contributed by atoms with Crippen molar-refractivity contribution in [2.45, 2.75) is 44.4 Å². The number of aliphatic hydroxyl groups excluding tert-OH is 1. The lowest BCUT2D eigenvalue weighted by molar-refractivity contribution is -0.126. The van der Waals surface area contributed by atoms with Gasteiger partial charge in [-0.1, -0.05) is 0 Å². The van der Waals surface area contributed by atoms with E-state index in [0.717, 1.165) is 31.4 Å². The maximum Gasteiger partial charge on any atom is 0.261 e. The Kier molecular flexibility index (Phi) is 4.99. The minimum Gasteiger partial charge on any atom is -0.389 e. The van der Waals surface area contributed by atoms with Crippen molar-refractivity contribution >= 4 is 23.2 Å². The number of rotatable bonds is 3. The Balaban J connectivity index is 1.65. The molecule has 2 aliphatic rings. The summed E-state index contributed by atoms with van der Waals surface area (Å²) in [6.45, 7) is 3.61. The zero-order valence-electron chi connectivity index (χ0n) is 13.2. The van der Waals surface area contributed by atoms with Crippen LogP contribution in [0.15, 0.2) is 11.4 Å². The van der Waals surface area contributed by atoms with E-state index in [1.54, 1.807) is 0 Å². The summed E-state index contributed by atoms with van der Waals surface area (Å²) in [5, 5.41) is 18.4. The van der Waals surface area contributed by atoms with Crippen LogP contribution in [0.3, 0.4) is 0 Å². The number of hydrogen-bond donors (Lipinski definition) is 3. The normalized spacial score (nSPS) is 29.1. The SMILES string of the molecule is Cc1ccsc1C(=O)N[C@@H]1CCC[C@@H](N2CCNC(=O)C2)[C@@H]1O. The van der Waals surface area contributed by atoms with Gasteiger partial charge in [0.05, 0.1) is 23.6 Å². The van der Waals surface area contributed by atoms with Gasteiger partial charge in [-0.3, -0.25) is 14.5 Å². The number of aryl methyl sites for hydroxylation is 1. The molecule has 6 nitrogen and oxygen atoms in total. The number of amides is 2. The van der Waals surface area contributed by atoms with Gasteiger partial charge < -0.3 is 15.7 Å². The molecule has 0 unspecified atom stereocenters. The van der Waals surface area contributed by atoms with Crippen molar-refractivity contribution in [1.29, 1.82) is 0 Å². The van der Waals surface area contributed by atoms with E-state index in [1.165, 1.54) is 11.3 Å². The van der Waals surface area contributed by atoms with E-state index >= 15 is 0 Å². The van der Waals surface area contributed by atoms with Gasteiger partial charge >= 0.3 is 0 Å². The van der Waals surface area contributed by atoms with Crippen LogP contribution in [-0.4, -0.2) is 59.6 Å². The lowest BCUT2D eigenvalue weighted by atomic mass is 9.86. The fourth-order valence-electron chi connectivity index (χ4n) is 3.49. The second-order valence-corrected chi connectivity index (χ2v) is 7.24. The van der Waals surface area contributed by atoms with Crippen LogP contribution in [0.2, 0.25) is 0 Å². The number of hydrogen-bond acceptors (Lipinski definition) is 5. The molecule has 1 aliphatic carbocycles. The van der Waals surface area contributed by atoms with Crippen molar-refractivity contribution in [2.24, 2.45) is 0 Å². The van der Waals surface area contributed by atoms with Gasteiger partial charge in [0.15, 0.2) is 0 Å².